The van der Waals surface area contributed by atoms with Gasteiger partial charge in [0.2, 0.25) is 6.04 Å². The smallest absolute Gasteiger partial charge is 0.460 e. The van der Waals surface area contributed by atoms with Crippen LogP contribution in [0.4, 0.5) is 57.1 Å². The Kier molecular flexibility index (Phi) is 17.5. The number of unbranched alkanes of at least 4 members (excludes halogenated alkanes) is 13. The Labute approximate surface area is 252 Å². The van der Waals surface area contributed by atoms with Crippen molar-refractivity contribution in [3.63, 3.8) is 0 Å². The summed E-state index contributed by atoms with van der Waals surface area (Å²) in [6, 6.07) is -2.32. The average molecular weight is 690 g/mol. The van der Waals surface area contributed by atoms with Crippen LogP contribution in [0.2, 0.25) is 0 Å². The lowest BCUT2D eigenvalue weighted by molar-refractivity contribution is -0.440. The SMILES string of the molecule is CCCCCCCCCCCCCCCCOC(=O)C(N)C(=O)OCCC(F)(F)C(F)(F)C(F)(F)C(F)(F)C(F)(F)C(F)(F)F. The molecule has 0 heterocycles. The van der Waals surface area contributed by atoms with Gasteiger partial charge in [-0.2, -0.15) is 57.1 Å². The van der Waals surface area contributed by atoms with E-state index in [9.17, 15) is 66.7 Å². The molecule has 2 N–H and O–H groups in total. The number of carbonyl (C=O) groups excluding carboxylic acids is 2. The fraction of sp³-hybridized carbons (Fsp3) is 0.926. The van der Waals surface area contributed by atoms with Gasteiger partial charge in [-0.15, -0.1) is 0 Å². The van der Waals surface area contributed by atoms with Gasteiger partial charge in [-0.1, -0.05) is 90.4 Å². The molecule has 0 rings (SSSR count). The molecular formula is C27H40F13NO4. The molecule has 0 saturated heterocycles. The minimum atomic E-state index is -8.03. The quantitative estimate of drug-likeness (QED) is 0.0474. The van der Waals surface area contributed by atoms with Crippen molar-refractivity contribution < 1.29 is 76.1 Å². The second kappa shape index (κ2) is 18.4. The monoisotopic (exact) mass is 689 g/mol. The van der Waals surface area contributed by atoms with Gasteiger partial charge in [0.05, 0.1) is 19.6 Å². The zero-order valence-electron chi connectivity index (χ0n) is 24.7. The van der Waals surface area contributed by atoms with E-state index in [1.807, 2.05) is 0 Å². The van der Waals surface area contributed by atoms with Crippen LogP contribution in [0.3, 0.4) is 0 Å². The molecule has 0 aliphatic carbocycles. The molecule has 0 aromatic heterocycles. The van der Waals surface area contributed by atoms with Crippen molar-refractivity contribution in [1.82, 2.24) is 0 Å². The summed E-state index contributed by atoms with van der Waals surface area (Å²) in [4.78, 5) is 23.5. The molecule has 268 valence electrons. The number of hydrogen-bond acceptors (Lipinski definition) is 5. The average Bonchev–Trinajstić information content (AvgIpc) is 2.93. The van der Waals surface area contributed by atoms with E-state index in [-0.39, 0.29) is 6.61 Å². The highest BCUT2D eigenvalue weighted by molar-refractivity contribution is 5.98. The third-order valence-corrected chi connectivity index (χ3v) is 6.91. The Morgan fingerprint density at radius 2 is 0.844 bits per heavy atom. The number of nitrogens with two attached hydrogens (primary N) is 1. The maximum Gasteiger partial charge on any atom is 0.460 e. The number of carbonyl (C=O) groups is 2. The van der Waals surface area contributed by atoms with Gasteiger partial charge in [0.1, 0.15) is 0 Å². The molecule has 0 saturated carbocycles. The molecule has 0 bridgehead atoms. The molecule has 0 amide bonds. The van der Waals surface area contributed by atoms with E-state index in [1.165, 1.54) is 44.9 Å². The highest BCUT2D eigenvalue weighted by Gasteiger charge is 2.90. The lowest BCUT2D eigenvalue weighted by Crippen LogP contribution is -2.70. The predicted molar refractivity (Wildman–Crippen MR) is 136 cm³/mol. The molecule has 1 atom stereocenters. The first kappa shape index (κ1) is 43.0. The van der Waals surface area contributed by atoms with Crippen LogP contribution in [0.15, 0.2) is 0 Å². The Hall–Kier alpha value is -2.01. The van der Waals surface area contributed by atoms with Crippen molar-refractivity contribution in [2.75, 3.05) is 13.2 Å². The molecule has 0 aromatic carbocycles. The Morgan fingerprint density at radius 1 is 0.511 bits per heavy atom. The molecule has 0 spiro atoms. The number of ether oxygens (including phenoxy) is 2. The number of esters is 2. The molecule has 0 fully saturated rings. The minimum absolute atomic E-state index is 0.214. The van der Waals surface area contributed by atoms with Crippen LogP contribution in [-0.4, -0.2) is 67.0 Å². The molecule has 1 unspecified atom stereocenters. The summed E-state index contributed by atoms with van der Waals surface area (Å²) in [6.45, 7) is -0.0530. The summed E-state index contributed by atoms with van der Waals surface area (Å²) in [7, 11) is 0. The Morgan fingerprint density at radius 3 is 1.22 bits per heavy atom. The van der Waals surface area contributed by atoms with Gasteiger partial charge >= 0.3 is 47.7 Å². The molecule has 5 nitrogen and oxygen atoms in total. The molecule has 0 aliphatic heterocycles. The van der Waals surface area contributed by atoms with Crippen LogP contribution in [-0.2, 0) is 19.1 Å². The standard InChI is InChI=1S/C27H40F13NO4/c1-2-3-4-5-6-7-8-9-10-11-12-13-14-15-17-44-20(42)19(41)21(43)45-18-16-22(28,29)23(30,31)24(32,33)25(34,35)26(36,37)27(38,39)40/h19H,2-18,41H2,1H3. The number of rotatable bonds is 24. The van der Waals surface area contributed by atoms with Crippen molar-refractivity contribution in [3.05, 3.63) is 0 Å². The van der Waals surface area contributed by atoms with Crippen LogP contribution in [0.5, 0.6) is 0 Å². The third-order valence-electron chi connectivity index (χ3n) is 6.91. The fourth-order valence-electron chi connectivity index (χ4n) is 3.98. The van der Waals surface area contributed by atoms with E-state index >= 15 is 0 Å². The van der Waals surface area contributed by atoms with Crippen LogP contribution in [0.1, 0.15) is 103 Å². The normalized spacial score (nSPS) is 14.4. The maximum absolute atomic E-state index is 13.8. The second-order valence-electron chi connectivity index (χ2n) is 10.7. The molecule has 0 aromatic rings. The van der Waals surface area contributed by atoms with Crippen LogP contribution in [0, 0.1) is 0 Å². The van der Waals surface area contributed by atoms with E-state index in [2.05, 4.69) is 11.7 Å². The Bertz CT molecular complexity index is 883. The first-order valence-corrected chi connectivity index (χ1v) is 14.6. The van der Waals surface area contributed by atoms with Gasteiger partial charge in [-0.3, -0.25) is 0 Å². The lowest BCUT2D eigenvalue weighted by atomic mass is 9.93. The van der Waals surface area contributed by atoms with Crippen molar-refractivity contribution in [1.29, 1.82) is 0 Å². The first-order chi connectivity index (χ1) is 20.5. The predicted octanol–water partition coefficient (Wildman–Crippen LogP) is 9.01. The van der Waals surface area contributed by atoms with Crippen LogP contribution in [0.25, 0.3) is 0 Å². The van der Waals surface area contributed by atoms with Gasteiger partial charge in [-0.25, -0.2) is 9.59 Å². The fourth-order valence-corrected chi connectivity index (χ4v) is 3.98. The first-order valence-electron chi connectivity index (χ1n) is 14.6. The molecule has 18 heteroatoms. The Balaban J connectivity index is 4.51. The zero-order chi connectivity index (χ0) is 35.2. The summed E-state index contributed by atoms with van der Waals surface area (Å²) in [6.07, 6.45) is 4.38. The largest absolute Gasteiger partial charge is 0.464 e. The van der Waals surface area contributed by atoms with Gasteiger partial charge in [0.25, 0.3) is 0 Å². The summed E-state index contributed by atoms with van der Waals surface area (Å²) >= 11 is 0. The van der Waals surface area contributed by atoms with Crippen LogP contribution < -0.4 is 5.73 Å². The van der Waals surface area contributed by atoms with Crippen molar-refractivity contribution in [3.8, 4) is 0 Å². The highest BCUT2D eigenvalue weighted by Crippen LogP contribution is 2.60. The van der Waals surface area contributed by atoms with Crippen molar-refractivity contribution in [2.45, 2.75) is 145 Å². The van der Waals surface area contributed by atoms with E-state index in [1.54, 1.807) is 0 Å². The van der Waals surface area contributed by atoms with E-state index in [0.717, 1.165) is 32.1 Å². The van der Waals surface area contributed by atoms with E-state index in [4.69, 9.17) is 10.5 Å². The summed E-state index contributed by atoms with van der Waals surface area (Å²) in [5, 5.41) is 0. The van der Waals surface area contributed by atoms with Gasteiger partial charge in [0.15, 0.2) is 0 Å². The topological polar surface area (TPSA) is 78.6 Å². The third kappa shape index (κ3) is 11.9. The molecule has 0 radical (unpaired) electrons. The number of halogens is 13. The minimum Gasteiger partial charge on any atom is -0.464 e. The molecular weight excluding hydrogens is 649 g/mol. The zero-order valence-corrected chi connectivity index (χ0v) is 24.7. The van der Waals surface area contributed by atoms with Gasteiger partial charge in [0, 0.05) is 0 Å². The maximum atomic E-state index is 13.8. The number of alkyl halides is 13. The molecule has 45 heavy (non-hydrogen) atoms. The summed E-state index contributed by atoms with van der Waals surface area (Å²) in [5.74, 6) is -41.1. The van der Waals surface area contributed by atoms with Gasteiger partial charge in [-0.05, 0) is 6.42 Å². The summed E-state index contributed by atoms with van der Waals surface area (Å²) < 4.78 is 179. The lowest BCUT2D eigenvalue weighted by Gasteiger charge is -2.39. The second-order valence-corrected chi connectivity index (χ2v) is 10.7. The van der Waals surface area contributed by atoms with E-state index < -0.39 is 66.8 Å². The number of hydrogen-bond donors (Lipinski definition) is 1. The van der Waals surface area contributed by atoms with Crippen LogP contribution >= 0.6 is 0 Å². The van der Waals surface area contributed by atoms with Crippen molar-refractivity contribution >= 4 is 11.9 Å². The molecule has 0 aliphatic rings. The summed E-state index contributed by atoms with van der Waals surface area (Å²) in [5.41, 5.74) is 5.18. The highest BCUT2D eigenvalue weighted by atomic mass is 19.4. The van der Waals surface area contributed by atoms with Gasteiger partial charge < -0.3 is 15.2 Å². The van der Waals surface area contributed by atoms with Crippen molar-refractivity contribution in [2.24, 2.45) is 5.73 Å². The van der Waals surface area contributed by atoms with E-state index in [0.29, 0.717) is 12.8 Å².